The molecule has 0 bridgehead atoms. The van der Waals surface area contributed by atoms with Gasteiger partial charge in [0.2, 0.25) is 0 Å². The predicted molar refractivity (Wildman–Crippen MR) is 53.9 cm³/mol. The first-order chi connectivity index (χ1) is 6.84. The lowest BCUT2D eigenvalue weighted by Crippen LogP contribution is -1.96. The molecule has 1 aliphatic carbocycles. The Morgan fingerprint density at radius 3 is 2.79 bits per heavy atom. The Morgan fingerprint density at radius 2 is 2.07 bits per heavy atom. The van der Waals surface area contributed by atoms with E-state index < -0.39 is 6.10 Å². The molecule has 1 aromatic carbocycles. The minimum atomic E-state index is -0.401. The molecule has 0 aliphatic heterocycles. The Balaban J connectivity index is 2.04. The van der Waals surface area contributed by atoms with Crippen molar-refractivity contribution in [3.63, 3.8) is 0 Å². The average molecular weight is 188 g/mol. The van der Waals surface area contributed by atoms with Crippen LogP contribution >= 0.6 is 0 Å². The van der Waals surface area contributed by atoms with Gasteiger partial charge in [-0.05, 0) is 30.9 Å². The Morgan fingerprint density at radius 1 is 1.29 bits per heavy atom. The van der Waals surface area contributed by atoms with Gasteiger partial charge in [-0.2, -0.15) is 0 Å². The molecule has 1 aromatic heterocycles. The van der Waals surface area contributed by atoms with Crippen LogP contribution in [0.1, 0.15) is 24.7 Å². The maximum atomic E-state index is 9.87. The van der Waals surface area contributed by atoms with Gasteiger partial charge in [0.05, 0.1) is 0 Å². The van der Waals surface area contributed by atoms with Crippen LogP contribution in [0.25, 0.3) is 11.0 Å². The molecule has 1 heterocycles. The van der Waals surface area contributed by atoms with Gasteiger partial charge in [-0.25, -0.2) is 0 Å². The van der Waals surface area contributed by atoms with Gasteiger partial charge in [0.1, 0.15) is 17.4 Å². The maximum Gasteiger partial charge on any atom is 0.134 e. The Labute approximate surface area is 82.2 Å². The van der Waals surface area contributed by atoms with E-state index in [9.17, 15) is 5.11 Å². The van der Waals surface area contributed by atoms with Crippen LogP contribution in [0.15, 0.2) is 34.7 Å². The largest absolute Gasteiger partial charge is 0.458 e. The van der Waals surface area contributed by atoms with Crippen molar-refractivity contribution in [3.8, 4) is 0 Å². The van der Waals surface area contributed by atoms with Crippen molar-refractivity contribution in [1.29, 1.82) is 0 Å². The third-order valence-electron chi connectivity index (χ3n) is 2.80. The molecule has 14 heavy (non-hydrogen) atoms. The molecule has 2 heteroatoms. The minimum Gasteiger partial charge on any atom is -0.458 e. The van der Waals surface area contributed by atoms with Gasteiger partial charge >= 0.3 is 0 Å². The zero-order valence-corrected chi connectivity index (χ0v) is 7.81. The second-order valence-corrected chi connectivity index (χ2v) is 3.97. The van der Waals surface area contributed by atoms with Gasteiger partial charge in [0.25, 0.3) is 0 Å². The highest BCUT2D eigenvalue weighted by Gasteiger charge is 2.32. The average Bonchev–Trinajstić information content (AvgIpc) is 2.95. The predicted octanol–water partition coefficient (Wildman–Crippen LogP) is 2.88. The first kappa shape index (κ1) is 8.06. The van der Waals surface area contributed by atoms with E-state index in [1.807, 2.05) is 30.3 Å². The molecular formula is C12H12O2. The second kappa shape index (κ2) is 2.85. The summed E-state index contributed by atoms with van der Waals surface area (Å²) in [7, 11) is 0. The van der Waals surface area contributed by atoms with E-state index in [1.54, 1.807) is 0 Å². The lowest BCUT2D eigenvalue weighted by molar-refractivity contribution is 0.129. The third-order valence-corrected chi connectivity index (χ3v) is 2.80. The lowest BCUT2D eigenvalue weighted by Gasteiger charge is -2.03. The van der Waals surface area contributed by atoms with E-state index in [1.165, 1.54) is 0 Å². The molecule has 1 fully saturated rings. The molecule has 0 spiro atoms. The first-order valence-electron chi connectivity index (χ1n) is 5.01. The molecule has 1 unspecified atom stereocenters. The van der Waals surface area contributed by atoms with Crippen LogP contribution in [-0.2, 0) is 0 Å². The van der Waals surface area contributed by atoms with E-state index >= 15 is 0 Å². The van der Waals surface area contributed by atoms with Crippen LogP contribution in [0, 0.1) is 5.92 Å². The molecule has 0 amide bonds. The standard InChI is InChI=1S/C12H12O2/c13-12(8-5-6-8)11-7-9-3-1-2-4-10(9)14-11/h1-4,7-8,12-13H,5-6H2. The van der Waals surface area contributed by atoms with Crippen molar-refractivity contribution >= 4 is 11.0 Å². The number of hydrogen-bond donors (Lipinski definition) is 1. The third kappa shape index (κ3) is 1.23. The van der Waals surface area contributed by atoms with Crippen molar-refractivity contribution in [1.82, 2.24) is 0 Å². The summed E-state index contributed by atoms with van der Waals surface area (Å²) in [6, 6.07) is 9.79. The molecule has 0 radical (unpaired) electrons. The van der Waals surface area contributed by atoms with Crippen LogP contribution in [0.2, 0.25) is 0 Å². The minimum absolute atomic E-state index is 0.401. The van der Waals surface area contributed by atoms with Crippen LogP contribution in [0.5, 0.6) is 0 Å². The highest BCUT2D eigenvalue weighted by molar-refractivity contribution is 5.77. The van der Waals surface area contributed by atoms with Gasteiger partial charge in [-0.1, -0.05) is 18.2 Å². The van der Waals surface area contributed by atoms with Crippen molar-refractivity contribution in [2.45, 2.75) is 18.9 Å². The van der Waals surface area contributed by atoms with E-state index in [2.05, 4.69) is 0 Å². The van der Waals surface area contributed by atoms with Gasteiger partial charge < -0.3 is 9.52 Å². The van der Waals surface area contributed by atoms with E-state index in [-0.39, 0.29) is 0 Å². The molecule has 2 nitrogen and oxygen atoms in total. The van der Waals surface area contributed by atoms with Crippen molar-refractivity contribution in [3.05, 3.63) is 36.1 Å². The van der Waals surface area contributed by atoms with E-state index in [0.29, 0.717) is 11.7 Å². The number of rotatable bonds is 2. The first-order valence-corrected chi connectivity index (χ1v) is 5.01. The summed E-state index contributed by atoms with van der Waals surface area (Å²) in [5.41, 5.74) is 0.863. The number of aliphatic hydroxyl groups is 1. The normalized spacial score (nSPS) is 18.6. The number of fused-ring (bicyclic) bond motifs is 1. The van der Waals surface area contributed by atoms with Crippen LogP contribution in [0.3, 0.4) is 0 Å². The van der Waals surface area contributed by atoms with Gasteiger partial charge in [0, 0.05) is 5.39 Å². The summed E-state index contributed by atoms with van der Waals surface area (Å²) in [6.07, 6.45) is 1.85. The van der Waals surface area contributed by atoms with Gasteiger partial charge in [-0.15, -0.1) is 0 Å². The molecule has 1 atom stereocenters. The number of furan rings is 1. The molecule has 72 valence electrons. The van der Waals surface area contributed by atoms with Crippen molar-refractivity contribution in [2.24, 2.45) is 5.92 Å². The van der Waals surface area contributed by atoms with Crippen LogP contribution in [0.4, 0.5) is 0 Å². The molecular weight excluding hydrogens is 176 g/mol. The fourth-order valence-electron chi connectivity index (χ4n) is 1.79. The van der Waals surface area contributed by atoms with E-state index in [0.717, 1.165) is 23.8 Å². The summed E-state index contributed by atoms with van der Waals surface area (Å²) < 4.78 is 5.58. The quantitative estimate of drug-likeness (QED) is 0.786. The fourth-order valence-corrected chi connectivity index (χ4v) is 1.79. The van der Waals surface area contributed by atoms with Crippen molar-refractivity contribution < 1.29 is 9.52 Å². The number of benzene rings is 1. The maximum absolute atomic E-state index is 9.87. The highest BCUT2D eigenvalue weighted by Crippen LogP contribution is 2.42. The zero-order chi connectivity index (χ0) is 9.54. The molecule has 1 saturated carbocycles. The number of para-hydroxylation sites is 1. The lowest BCUT2D eigenvalue weighted by atomic mass is 10.1. The smallest absolute Gasteiger partial charge is 0.134 e. The Bertz CT molecular complexity index is 421. The van der Waals surface area contributed by atoms with Gasteiger partial charge in [0.15, 0.2) is 0 Å². The molecule has 3 rings (SSSR count). The molecule has 2 aromatic rings. The van der Waals surface area contributed by atoms with E-state index in [4.69, 9.17) is 4.42 Å². The summed E-state index contributed by atoms with van der Waals surface area (Å²) in [5.74, 6) is 1.14. The topological polar surface area (TPSA) is 33.4 Å². The van der Waals surface area contributed by atoms with Gasteiger partial charge in [-0.3, -0.25) is 0 Å². The summed E-state index contributed by atoms with van der Waals surface area (Å²) in [4.78, 5) is 0. The summed E-state index contributed by atoms with van der Waals surface area (Å²) in [6.45, 7) is 0. The van der Waals surface area contributed by atoms with Crippen molar-refractivity contribution in [2.75, 3.05) is 0 Å². The number of hydrogen-bond acceptors (Lipinski definition) is 2. The fraction of sp³-hybridized carbons (Fsp3) is 0.333. The highest BCUT2D eigenvalue weighted by atomic mass is 16.4. The summed E-state index contributed by atoms with van der Waals surface area (Å²) in [5, 5.41) is 10.9. The SMILES string of the molecule is OC(c1cc2ccccc2o1)C1CC1. The molecule has 0 saturated heterocycles. The monoisotopic (exact) mass is 188 g/mol. The Kier molecular flexibility index (Phi) is 1.64. The Hall–Kier alpha value is -1.28. The zero-order valence-electron chi connectivity index (χ0n) is 7.81. The summed E-state index contributed by atoms with van der Waals surface area (Å²) >= 11 is 0. The number of aliphatic hydroxyl groups excluding tert-OH is 1. The molecule has 1 N–H and O–H groups in total. The molecule has 1 aliphatic rings. The second-order valence-electron chi connectivity index (χ2n) is 3.97. The van der Waals surface area contributed by atoms with Crippen LogP contribution in [-0.4, -0.2) is 5.11 Å². The van der Waals surface area contributed by atoms with Crippen LogP contribution < -0.4 is 0 Å².